The molecule has 6 heteroatoms. The Bertz CT molecular complexity index is 113. The van der Waals surface area contributed by atoms with Crippen LogP contribution in [0.2, 0.25) is 0 Å². The van der Waals surface area contributed by atoms with Crippen molar-refractivity contribution in [3.8, 4) is 0 Å². The van der Waals surface area contributed by atoms with Gasteiger partial charge in [-0.2, -0.15) is 0 Å². The van der Waals surface area contributed by atoms with Gasteiger partial charge in [-0.05, 0) is 0 Å². The molecule has 1 aliphatic rings. The summed E-state index contributed by atoms with van der Waals surface area (Å²) in [6.07, 6.45) is -5.12. The topological polar surface area (TPSA) is 21.3 Å². The van der Waals surface area contributed by atoms with Gasteiger partial charge in [-0.3, -0.25) is 0 Å². The van der Waals surface area contributed by atoms with Crippen LogP contribution in [-0.4, -0.2) is 25.9 Å². The van der Waals surface area contributed by atoms with E-state index in [0.717, 1.165) is 0 Å². The van der Waals surface area contributed by atoms with Crippen LogP contribution in [-0.2, 0) is 37.4 Å². The second-order valence-electron chi connectivity index (χ2n) is 1.95. The standard InChI is InChI=1S/C5H7F3NO.Y/c6-5(7,8)4-3-9-1-2-10-4;/h9H,1-3H2;/q-1;. The number of hydrogen-bond acceptors (Lipinski definition) is 2. The van der Waals surface area contributed by atoms with Gasteiger partial charge in [0.2, 0.25) is 0 Å². The summed E-state index contributed by atoms with van der Waals surface area (Å²) in [5.41, 5.74) is 0. The molecule has 1 N–H and O–H groups in total. The summed E-state index contributed by atoms with van der Waals surface area (Å²) in [4.78, 5) is 0. The first-order valence-electron chi connectivity index (χ1n) is 2.87. The zero-order valence-corrected chi connectivity index (χ0v) is 8.58. The summed E-state index contributed by atoms with van der Waals surface area (Å²) in [5.74, 6) is 0. The Labute approximate surface area is 87.7 Å². The number of halogens is 3. The van der Waals surface area contributed by atoms with Gasteiger partial charge in [-0.25, -0.2) is 13.2 Å². The number of rotatable bonds is 0. The number of hydrogen-bond donors (Lipinski definition) is 1. The fourth-order valence-corrected chi connectivity index (χ4v) is 0.681. The van der Waals surface area contributed by atoms with E-state index in [2.05, 4.69) is 10.1 Å². The second kappa shape index (κ2) is 4.75. The molecule has 2 nitrogen and oxygen atoms in total. The third-order valence-electron chi connectivity index (χ3n) is 1.16. The maximum absolute atomic E-state index is 11.7. The van der Waals surface area contributed by atoms with E-state index in [0.29, 0.717) is 6.54 Å². The van der Waals surface area contributed by atoms with Crippen LogP contribution in [0.1, 0.15) is 0 Å². The van der Waals surface area contributed by atoms with Crippen molar-refractivity contribution in [2.45, 2.75) is 6.18 Å². The van der Waals surface area contributed by atoms with Gasteiger partial charge in [0.25, 0.3) is 6.18 Å². The van der Waals surface area contributed by atoms with Gasteiger partial charge in [0, 0.05) is 45.9 Å². The van der Waals surface area contributed by atoms with E-state index in [-0.39, 0.29) is 45.9 Å². The van der Waals surface area contributed by atoms with Crippen molar-refractivity contribution >= 4 is 0 Å². The molecular weight excluding hydrogens is 236 g/mol. The molecule has 0 saturated carbocycles. The molecule has 0 aromatic carbocycles. The Balaban J connectivity index is 0.000001000. The average molecular weight is 243 g/mol. The van der Waals surface area contributed by atoms with Gasteiger partial charge >= 0.3 is 0 Å². The van der Waals surface area contributed by atoms with E-state index >= 15 is 0 Å². The van der Waals surface area contributed by atoms with Crippen LogP contribution >= 0.6 is 0 Å². The molecule has 0 atom stereocenters. The van der Waals surface area contributed by atoms with Crippen molar-refractivity contribution in [2.75, 3.05) is 19.7 Å². The first kappa shape index (κ1) is 11.8. The largest absolute Gasteiger partial charge is 0.538 e. The molecular formula is C5H7F3NOY-. The van der Waals surface area contributed by atoms with Gasteiger partial charge in [0.1, 0.15) is 0 Å². The predicted molar refractivity (Wildman–Crippen MR) is 28.1 cm³/mol. The molecule has 0 aromatic rings. The number of alkyl halides is 3. The Morgan fingerprint density at radius 2 is 2.00 bits per heavy atom. The second-order valence-corrected chi connectivity index (χ2v) is 1.95. The van der Waals surface area contributed by atoms with E-state index in [1.54, 1.807) is 0 Å². The molecule has 1 fully saturated rings. The fourth-order valence-electron chi connectivity index (χ4n) is 0.681. The van der Waals surface area contributed by atoms with E-state index in [4.69, 9.17) is 0 Å². The van der Waals surface area contributed by atoms with Crippen molar-refractivity contribution in [3.05, 3.63) is 6.10 Å². The minimum absolute atomic E-state index is 0. The van der Waals surface area contributed by atoms with Crippen molar-refractivity contribution in [2.24, 2.45) is 0 Å². The minimum Gasteiger partial charge on any atom is -0.538 e. The molecule has 0 spiro atoms. The van der Waals surface area contributed by atoms with E-state index < -0.39 is 12.3 Å². The predicted octanol–water partition coefficient (Wildman–Crippen LogP) is 0.698. The Morgan fingerprint density at radius 3 is 2.27 bits per heavy atom. The van der Waals surface area contributed by atoms with E-state index in [1.165, 1.54) is 0 Å². The van der Waals surface area contributed by atoms with Gasteiger partial charge in [0.15, 0.2) is 0 Å². The van der Waals surface area contributed by atoms with Crippen LogP contribution in [0, 0.1) is 6.10 Å². The molecule has 1 aliphatic heterocycles. The first-order valence-corrected chi connectivity index (χ1v) is 2.87. The SMILES string of the molecule is FC(F)(F)[C-]1CNCCO1.[Y]. The number of morpholine rings is 1. The smallest absolute Gasteiger partial charge is 0.295 e. The fraction of sp³-hybridized carbons (Fsp3) is 0.800. The number of nitrogens with one attached hydrogen (secondary N) is 1. The van der Waals surface area contributed by atoms with Crippen molar-refractivity contribution in [1.29, 1.82) is 0 Å². The van der Waals surface area contributed by atoms with Crippen LogP contribution in [0.15, 0.2) is 0 Å². The summed E-state index contributed by atoms with van der Waals surface area (Å²) in [6, 6.07) is 0. The Kier molecular flexibility index (Phi) is 5.10. The zero-order valence-electron chi connectivity index (χ0n) is 5.74. The molecule has 1 heterocycles. The summed E-state index contributed by atoms with van der Waals surface area (Å²) in [7, 11) is 0. The molecule has 1 saturated heterocycles. The maximum atomic E-state index is 11.7. The molecule has 1 radical (unpaired) electrons. The van der Waals surface area contributed by atoms with E-state index in [1.807, 2.05) is 0 Å². The summed E-state index contributed by atoms with van der Waals surface area (Å²) < 4.78 is 39.6. The molecule has 0 aliphatic carbocycles. The van der Waals surface area contributed by atoms with Crippen LogP contribution in [0.3, 0.4) is 0 Å². The van der Waals surface area contributed by atoms with Crippen LogP contribution in [0.25, 0.3) is 0 Å². The molecule has 1 rings (SSSR count). The maximum Gasteiger partial charge on any atom is 0.295 e. The Hall–Kier alpha value is 0.814. The summed E-state index contributed by atoms with van der Waals surface area (Å²) in [6.45, 7) is 0.387. The molecule has 0 unspecified atom stereocenters. The monoisotopic (exact) mass is 243 g/mol. The van der Waals surface area contributed by atoms with Gasteiger partial charge < -0.3 is 10.1 Å². The third kappa shape index (κ3) is 3.83. The van der Waals surface area contributed by atoms with Crippen molar-refractivity contribution < 1.29 is 50.6 Å². The van der Waals surface area contributed by atoms with E-state index in [9.17, 15) is 13.2 Å². The molecule has 11 heavy (non-hydrogen) atoms. The van der Waals surface area contributed by atoms with Gasteiger partial charge in [0.05, 0.1) is 0 Å². The normalized spacial score (nSPS) is 21.0. The van der Waals surface area contributed by atoms with Crippen LogP contribution < -0.4 is 5.32 Å². The molecule has 0 amide bonds. The summed E-state index contributed by atoms with van der Waals surface area (Å²) in [5, 5.41) is 2.56. The zero-order chi connectivity index (χ0) is 7.61. The van der Waals surface area contributed by atoms with Crippen LogP contribution in [0.5, 0.6) is 0 Å². The van der Waals surface area contributed by atoms with Crippen molar-refractivity contribution in [3.63, 3.8) is 0 Å². The third-order valence-corrected chi connectivity index (χ3v) is 1.16. The quantitative estimate of drug-likeness (QED) is 0.632. The number of ether oxygens (including phenoxy) is 1. The molecule has 63 valence electrons. The Morgan fingerprint density at radius 1 is 1.36 bits per heavy atom. The van der Waals surface area contributed by atoms with Crippen molar-refractivity contribution in [1.82, 2.24) is 5.32 Å². The average Bonchev–Trinajstić information content (AvgIpc) is 1.88. The van der Waals surface area contributed by atoms with Crippen LogP contribution in [0.4, 0.5) is 13.2 Å². The molecule has 0 bridgehead atoms. The van der Waals surface area contributed by atoms with Gasteiger partial charge in [-0.1, -0.05) is 12.6 Å². The molecule has 0 aromatic heterocycles. The minimum atomic E-state index is -4.30. The van der Waals surface area contributed by atoms with Gasteiger partial charge in [-0.15, -0.1) is 0 Å². The first-order chi connectivity index (χ1) is 4.61. The summed E-state index contributed by atoms with van der Waals surface area (Å²) >= 11 is 0.